The Kier molecular flexibility index (Phi) is 9.79. The van der Waals surface area contributed by atoms with Crippen molar-refractivity contribution in [1.82, 2.24) is 10.6 Å². The highest BCUT2D eigenvalue weighted by molar-refractivity contribution is 5.79. The van der Waals surface area contributed by atoms with E-state index in [1.165, 1.54) is 36.8 Å². The molecule has 0 atom stereocenters. The van der Waals surface area contributed by atoms with Gasteiger partial charge in [-0.15, -0.1) is 0 Å². The molecule has 0 unspecified atom stereocenters. The maximum atomic E-state index is 5.72. The number of hydrogen-bond donors (Lipinski definition) is 2. The normalized spacial score (nSPS) is 16.5. The zero-order valence-corrected chi connectivity index (χ0v) is 18.2. The van der Waals surface area contributed by atoms with Crippen LogP contribution >= 0.6 is 0 Å². The van der Waals surface area contributed by atoms with Gasteiger partial charge in [0.1, 0.15) is 0 Å². The Morgan fingerprint density at radius 2 is 1.93 bits per heavy atom. The van der Waals surface area contributed by atoms with E-state index in [1.54, 1.807) is 7.11 Å². The lowest BCUT2D eigenvalue weighted by Crippen LogP contribution is -2.43. The Morgan fingerprint density at radius 1 is 1.18 bits per heavy atom. The number of methoxy groups -OCH3 is 1. The average molecular weight is 390 g/mol. The molecule has 1 aromatic rings. The molecular weight excluding hydrogens is 350 g/mol. The fraction of sp³-hybridized carbons (Fsp3) is 0.696. The lowest BCUT2D eigenvalue weighted by molar-refractivity contribution is 0.0657. The Labute approximate surface area is 171 Å². The minimum Gasteiger partial charge on any atom is -0.385 e. The zero-order chi connectivity index (χ0) is 20.2. The second-order valence-electron chi connectivity index (χ2n) is 8.18. The molecular formula is C23H39N3O2. The Balaban J connectivity index is 1.95. The van der Waals surface area contributed by atoms with Crippen LogP contribution in [0, 0.1) is 5.41 Å². The number of benzene rings is 1. The van der Waals surface area contributed by atoms with Gasteiger partial charge in [0.25, 0.3) is 0 Å². The summed E-state index contributed by atoms with van der Waals surface area (Å²) < 4.78 is 11.1. The predicted octanol–water partition coefficient (Wildman–Crippen LogP) is 4.26. The highest BCUT2D eigenvalue weighted by Crippen LogP contribution is 2.40. The van der Waals surface area contributed by atoms with Gasteiger partial charge in [0.05, 0.1) is 19.3 Å². The van der Waals surface area contributed by atoms with Crippen LogP contribution in [-0.2, 0) is 22.6 Å². The molecule has 5 nitrogen and oxygen atoms in total. The van der Waals surface area contributed by atoms with Gasteiger partial charge >= 0.3 is 0 Å². The van der Waals surface area contributed by atoms with E-state index in [0.717, 1.165) is 32.1 Å². The molecule has 2 N–H and O–H groups in total. The van der Waals surface area contributed by atoms with Crippen molar-refractivity contribution in [2.75, 3.05) is 26.8 Å². The molecule has 1 aliphatic carbocycles. The number of nitrogens with one attached hydrogen (secondary N) is 2. The van der Waals surface area contributed by atoms with E-state index in [4.69, 9.17) is 14.5 Å². The van der Waals surface area contributed by atoms with Crippen LogP contribution in [0.4, 0.5) is 0 Å². The summed E-state index contributed by atoms with van der Waals surface area (Å²) in [6, 6.07) is 8.51. The molecule has 0 aromatic heterocycles. The van der Waals surface area contributed by atoms with Crippen molar-refractivity contribution < 1.29 is 9.47 Å². The van der Waals surface area contributed by atoms with E-state index in [-0.39, 0.29) is 6.10 Å². The summed E-state index contributed by atoms with van der Waals surface area (Å²) in [6.07, 6.45) is 6.57. The van der Waals surface area contributed by atoms with E-state index in [2.05, 4.69) is 55.7 Å². The molecule has 158 valence electrons. The van der Waals surface area contributed by atoms with Crippen LogP contribution in [0.5, 0.6) is 0 Å². The lowest BCUT2D eigenvalue weighted by atomic mass is 9.83. The first kappa shape index (κ1) is 22.7. The number of ether oxygens (including phenoxy) is 2. The summed E-state index contributed by atoms with van der Waals surface area (Å²) in [4.78, 5) is 4.81. The van der Waals surface area contributed by atoms with Crippen molar-refractivity contribution in [1.29, 1.82) is 0 Å². The van der Waals surface area contributed by atoms with Gasteiger partial charge in [-0.1, -0.05) is 37.1 Å². The molecule has 0 radical (unpaired) electrons. The first-order valence-electron chi connectivity index (χ1n) is 10.8. The smallest absolute Gasteiger partial charge is 0.191 e. The van der Waals surface area contributed by atoms with Crippen molar-refractivity contribution in [3.63, 3.8) is 0 Å². The molecule has 5 heteroatoms. The molecule has 0 bridgehead atoms. The van der Waals surface area contributed by atoms with Crippen molar-refractivity contribution in [2.24, 2.45) is 10.4 Å². The third kappa shape index (κ3) is 7.80. The van der Waals surface area contributed by atoms with Gasteiger partial charge in [-0.2, -0.15) is 0 Å². The molecule has 0 spiro atoms. The van der Waals surface area contributed by atoms with Crippen LogP contribution in [0.3, 0.4) is 0 Å². The predicted molar refractivity (Wildman–Crippen MR) is 117 cm³/mol. The highest BCUT2D eigenvalue weighted by Gasteiger charge is 2.33. The molecule has 0 aliphatic heterocycles. The fourth-order valence-electron chi connectivity index (χ4n) is 3.82. The van der Waals surface area contributed by atoms with Crippen LogP contribution in [0.25, 0.3) is 0 Å². The van der Waals surface area contributed by atoms with Crippen molar-refractivity contribution >= 4 is 5.96 Å². The second-order valence-corrected chi connectivity index (χ2v) is 8.18. The van der Waals surface area contributed by atoms with Crippen LogP contribution in [0.1, 0.15) is 64.0 Å². The van der Waals surface area contributed by atoms with Gasteiger partial charge in [0, 0.05) is 26.8 Å². The lowest BCUT2D eigenvalue weighted by Gasteiger charge is -2.30. The number of guanidine groups is 1. The molecule has 0 heterocycles. The Bertz CT molecular complexity index is 595. The summed E-state index contributed by atoms with van der Waals surface area (Å²) >= 11 is 0. The molecule has 0 amide bonds. The zero-order valence-electron chi connectivity index (χ0n) is 18.2. The summed E-state index contributed by atoms with van der Waals surface area (Å²) in [6.45, 7) is 10.2. The van der Waals surface area contributed by atoms with Gasteiger partial charge in [0.15, 0.2) is 5.96 Å². The molecule has 1 aliphatic rings. The first-order valence-corrected chi connectivity index (χ1v) is 10.8. The molecule has 1 saturated carbocycles. The molecule has 28 heavy (non-hydrogen) atoms. The van der Waals surface area contributed by atoms with E-state index in [1.807, 2.05) is 0 Å². The largest absolute Gasteiger partial charge is 0.385 e. The SMILES string of the molecule is CCNC(=NCc1cccc(COC(C)C)c1)NCC1(CCOC)CCCC1. The first-order chi connectivity index (χ1) is 13.6. The summed E-state index contributed by atoms with van der Waals surface area (Å²) in [5.74, 6) is 0.898. The maximum absolute atomic E-state index is 5.72. The number of nitrogens with zero attached hydrogens (tertiary/aromatic N) is 1. The number of hydrogen-bond acceptors (Lipinski definition) is 3. The van der Waals surface area contributed by atoms with Crippen LogP contribution in [-0.4, -0.2) is 38.9 Å². The average Bonchev–Trinajstić information content (AvgIpc) is 3.16. The third-order valence-electron chi connectivity index (χ3n) is 5.47. The van der Waals surface area contributed by atoms with Gasteiger partial charge in [-0.05, 0) is 56.6 Å². The van der Waals surface area contributed by atoms with Gasteiger partial charge in [-0.3, -0.25) is 0 Å². The van der Waals surface area contributed by atoms with E-state index < -0.39 is 0 Å². The topological polar surface area (TPSA) is 54.9 Å². The minimum atomic E-state index is 0.243. The highest BCUT2D eigenvalue weighted by atomic mass is 16.5. The quantitative estimate of drug-likeness (QED) is 0.438. The summed E-state index contributed by atoms with van der Waals surface area (Å²) in [5.41, 5.74) is 2.75. The van der Waals surface area contributed by atoms with Gasteiger partial charge < -0.3 is 20.1 Å². The van der Waals surface area contributed by atoms with Gasteiger partial charge in [-0.25, -0.2) is 4.99 Å². The third-order valence-corrected chi connectivity index (χ3v) is 5.47. The monoisotopic (exact) mass is 389 g/mol. The Morgan fingerprint density at radius 3 is 2.61 bits per heavy atom. The van der Waals surface area contributed by atoms with Crippen LogP contribution < -0.4 is 10.6 Å². The van der Waals surface area contributed by atoms with E-state index in [0.29, 0.717) is 18.6 Å². The van der Waals surface area contributed by atoms with Gasteiger partial charge in [0.2, 0.25) is 0 Å². The summed E-state index contributed by atoms with van der Waals surface area (Å²) in [7, 11) is 1.79. The fourth-order valence-corrected chi connectivity index (χ4v) is 3.82. The molecule has 1 aromatic carbocycles. The summed E-state index contributed by atoms with van der Waals surface area (Å²) in [5, 5.41) is 6.98. The van der Waals surface area contributed by atoms with Crippen molar-refractivity contribution in [2.45, 2.75) is 72.1 Å². The Hall–Kier alpha value is -1.59. The molecule has 1 fully saturated rings. The maximum Gasteiger partial charge on any atom is 0.191 e. The van der Waals surface area contributed by atoms with Crippen LogP contribution in [0.15, 0.2) is 29.3 Å². The van der Waals surface area contributed by atoms with Crippen molar-refractivity contribution in [3.8, 4) is 0 Å². The number of aliphatic imine (C=N–C) groups is 1. The minimum absolute atomic E-state index is 0.243. The standard InChI is InChI=1S/C23H39N3O2/c1-5-24-22(26-18-23(13-14-27-4)11-6-7-12-23)25-16-20-9-8-10-21(15-20)17-28-19(2)3/h8-10,15,19H,5-7,11-14,16-18H2,1-4H3,(H2,24,25,26). The van der Waals surface area contributed by atoms with Crippen molar-refractivity contribution in [3.05, 3.63) is 35.4 Å². The van der Waals surface area contributed by atoms with E-state index >= 15 is 0 Å². The van der Waals surface area contributed by atoms with Crippen LogP contribution in [0.2, 0.25) is 0 Å². The number of rotatable bonds is 11. The molecule has 0 saturated heterocycles. The second kappa shape index (κ2) is 12.1. The molecule has 2 rings (SSSR count). The van der Waals surface area contributed by atoms with E-state index in [9.17, 15) is 0 Å².